The number of carboxylic acid groups (broad SMARTS) is 1. The van der Waals surface area contributed by atoms with Crippen molar-refractivity contribution in [2.24, 2.45) is 0 Å². The zero-order chi connectivity index (χ0) is 27.3. The van der Waals surface area contributed by atoms with Gasteiger partial charge in [0.1, 0.15) is 17.2 Å². The minimum absolute atomic E-state index is 0.317. The molecule has 38 heavy (non-hydrogen) atoms. The number of pyridine rings is 3. The first kappa shape index (κ1) is 25.9. The van der Waals surface area contributed by atoms with E-state index in [1.807, 2.05) is 53.2 Å². The van der Waals surface area contributed by atoms with Crippen molar-refractivity contribution >= 4 is 23.1 Å². The van der Waals surface area contributed by atoms with Crippen LogP contribution in [-0.4, -0.2) is 54.4 Å². The number of anilines is 1. The number of alkyl halides is 3. The number of methoxy groups -OCH3 is 1. The number of nitrogens with zero attached hydrogens (tertiary/aromatic N) is 5. The summed E-state index contributed by atoms with van der Waals surface area (Å²) in [4.78, 5) is 30.2. The molecular weight excluding hydrogens is 505 g/mol. The molecule has 2 N–H and O–H groups in total. The Bertz CT molecular complexity index is 1580. The van der Waals surface area contributed by atoms with Crippen LogP contribution in [0.3, 0.4) is 0 Å². The Kier molecular flexibility index (Phi) is 7.37. The molecule has 0 atom stereocenters. The molecule has 0 unspecified atom stereocenters. The lowest BCUT2D eigenvalue weighted by atomic mass is 10.1. The molecule has 0 fully saturated rings. The van der Waals surface area contributed by atoms with Gasteiger partial charge in [0, 0.05) is 35.9 Å². The van der Waals surface area contributed by atoms with Crippen LogP contribution in [0.5, 0.6) is 5.88 Å². The van der Waals surface area contributed by atoms with E-state index >= 15 is 0 Å². The molecule has 5 heterocycles. The van der Waals surface area contributed by atoms with E-state index < -0.39 is 12.1 Å². The van der Waals surface area contributed by atoms with Gasteiger partial charge in [-0.05, 0) is 48.0 Å². The Balaban J connectivity index is 0.000000426. The van der Waals surface area contributed by atoms with E-state index in [0.717, 1.165) is 22.5 Å². The van der Waals surface area contributed by atoms with Crippen molar-refractivity contribution in [3.8, 4) is 22.8 Å². The fourth-order valence-corrected chi connectivity index (χ4v) is 3.46. The Morgan fingerprint density at radius 3 is 2.39 bits per heavy atom. The molecule has 0 saturated heterocycles. The zero-order valence-electron chi connectivity index (χ0n) is 19.6. The molecule has 0 aliphatic heterocycles. The summed E-state index contributed by atoms with van der Waals surface area (Å²) in [5.41, 5.74) is 3.88. The second-order valence-electron chi connectivity index (χ2n) is 7.59. The van der Waals surface area contributed by atoms with Gasteiger partial charge in [0.15, 0.2) is 0 Å². The molecule has 0 saturated carbocycles. The number of nitrogens with one attached hydrogen (secondary N) is 1. The van der Waals surface area contributed by atoms with E-state index in [9.17, 15) is 18.0 Å². The number of fused-ring (bicyclic) bond motifs is 1. The molecule has 194 valence electrons. The fraction of sp³-hybridized carbons (Fsp3) is 0.0800. The number of halogens is 3. The second kappa shape index (κ2) is 10.8. The summed E-state index contributed by atoms with van der Waals surface area (Å²) in [5, 5.41) is 14.4. The summed E-state index contributed by atoms with van der Waals surface area (Å²) in [6, 6.07) is 17.0. The number of aliphatic carboxylic acids is 1. The van der Waals surface area contributed by atoms with Crippen molar-refractivity contribution in [1.82, 2.24) is 24.1 Å². The number of carbonyl (C=O) groups is 2. The SMILES string of the molecule is COc1ncccc1NC(=O)c1ccnn1-c1ccc2ccc(-c3cccnc3)cn12.O=C(O)C(F)(F)F. The molecule has 0 aromatic carbocycles. The molecule has 10 nitrogen and oxygen atoms in total. The summed E-state index contributed by atoms with van der Waals surface area (Å²) >= 11 is 0. The largest absolute Gasteiger partial charge is 0.490 e. The van der Waals surface area contributed by atoms with Crippen LogP contribution in [0.2, 0.25) is 0 Å². The highest BCUT2D eigenvalue weighted by Crippen LogP contribution is 2.24. The topological polar surface area (TPSA) is 124 Å². The van der Waals surface area contributed by atoms with Crippen molar-refractivity contribution in [2.45, 2.75) is 6.18 Å². The Morgan fingerprint density at radius 1 is 0.974 bits per heavy atom. The number of carboxylic acids is 1. The number of hydrogen-bond donors (Lipinski definition) is 2. The maximum Gasteiger partial charge on any atom is 0.490 e. The van der Waals surface area contributed by atoms with Gasteiger partial charge in [0.05, 0.1) is 13.3 Å². The minimum Gasteiger partial charge on any atom is -0.480 e. The van der Waals surface area contributed by atoms with Crippen LogP contribution in [-0.2, 0) is 4.79 Å². The number of ether oxygens (including phenoxy) is 1. The third kappa shape index (κ3) is 5.61. The van der Waals surface area contributed by atoms with Crippen LogP contribution < -0.4 is 10.1 Å². The maximum atomic E-state index is 13.0. The lowest BCUT2D eigenvalue weighted by Crippen LogP contribution is -2.21. The summed E-state index contributed by atoms with van der Waals surface area (Å²) in [6.45, 7) is 0. The van der Waals surface area contributed by atoms with Crippen molar-refractivity contribution in [3.05, 3.63) is 91.3 Å². The second-order valence-corrected chi connectivity index (χ2v) is 7.59. The quantitative estimate of drug-likeness (QED) is 0.348. The van der Waals surface area contributed by atoms with Gasteiger partial charge in [-0.3, -0.25) is 9.78 Å². The fourth-order valence-electron chi connectivity index (χ4n) is 3.46. The molecular formula is C25H19F3N6O4. The monoisotopic (exact) mass is 524 g/mol. The normalized spacial score (nSPS) is 10.9. The number of carbonyl (C=O) groups excluding carboxylic acids is 1. The molecule has 0 bridgehead atoms. The molecule has 5 aromatic rings. The molecule has 0 aliphatic carbocycles. The lowest BCUT2D eigenvalue weighted by molar-refractivity contribution is -0.192. The highest BCUT2D eigenvalue weighted by atomic mass is 19.4. The molecule has 5 rings (SSSR count). The molecule has 0 spiro atoms. The first-order valence-electron chi connectivity index (χ1n) is 10.9. The number of hydrogen-bond acceptors (Lipinski definition) is 6. The standard InChI is InChI=1S/C23H18N6O2.C2HF3O2/c1-31-23-19(5-3-12-25-23)27-22(30)20-10-13-26-29(20)21-9-8-18-7-6-17(15-28(18)21)16-4-2-11-24-14-16;3-2(4,5)1(6)7/h2-15H,1H3,(H,27,30);(H,6,7). The lowest BCUT2D eigenvalue weighted by Gasteiger charge is -2.11. The average Bonchev–Trinajstić information content (AvgIpc) is 3.56. The van der Waals surface area contributed by atoms with Crippen LogP contribution in [0.1, 0.15) is 10.5 Å². The first-order chi connectivity index (χ1) is 18.2. The van der Waals surface area contributed by atoms with Gasteiger partial charge in [0.2, 0.25) is 5.88 Å². The molecule has 5 aromatic heterocycles. The van der Waals surface area contributed by atoms with Gasteiger partial charge in [-0.1, -0.05) is 12.1 Å². The van der Waals surface area contributed by atoms with Crippen molar-refractivity contribution in [1.29, 1.82) is 0 Å². The Morgan fingerprint density at radius 2 is 1.71 bits per heavy atom. The highest BCUT2D eigenvalue weighted by molar-refractivity contribution is 6.04. The number of rotatable bonds is 5. The van der Waals surface area contributed by atoms with Gasteiger partial charge < -0.3 is 19.6 Å². The summed E-state index contributed by atoms with van der Waals surface area (Å²) < 4.78 is 40.6. The van der Waals surface area contributed by atoms with E-state index in [2.05, 4.69) is 20.4 Å². The third-order valence-electron chi connectivity index (χ3n) is 5.17. The van der Waals surface area contributed by atoms with Gasteiger partial charge in [-0.25, -0.2) is 14.5 Å². The average molecular weight is 524 g/mol. The smallest absolute Gasteiger partial charge is 0.480 e. The van der Waals surface area contributed by atoms with Gasteiger partial charge >= 0.3 is 12.1 Å². The van der Waals surface area contributed by atoms with Crippen LogP contribution in [0.25, 0.3) is 22.5 Å². The summed E-state index contributed by atoms with van der Waals surface area (Å²) in [5.74, 6) is -1.99. The minimum atomic E-state index is -5.08. The maximum absolute atomic E-state index is 13.0. The first-order valence-corrected chi connectivity index (χ1v) is 10.9. The van der Waals surface area contributed by atoms with E-state index in [-0.39, 0.29) is 5.91 Å². The molecule has 1 amide bonds. The number of amides is 1. The van der Waals surface area contributed by atoms with Gasteiger partial charge in [-0.15, -0.1) is 0 Å². The third-order valence-corrected chi connectivity index (χ3v) is 5.17. The van der Waals surface area contributed by atoms with Gasteiger partial charge in [0.25, 0.3) is 5.91 Å². The van der Waals surface area contributed by atoms with Crippen LogP contribution in [0.15, 0.2) is 85.6 Å². The Labute approximate surface area is 213 Å². The van der Waals surface area contributed by atoms with Crippen LogP contribution >= 0.6 is 0 Å². The highest BCUT2D eigenvalue weighted by Gasteiger charge is 2.38. The predicted octanol–water partition coefficient (Wildman–Crippen LogP) is 4.48. The number of aromatic nitrogens is 5. The van der Waals surface area contributed by atoms with E-state index in [1.165, 1.54) is 7.11 Å². The summed E-state index contributed by atoms with van der Waals surface area (Å²) in [6.07, 6.45) is 3.69. The predicted molar refractivity (Wildman–Crippen MR) is 130 cm³/mol. The molecule has 0 radical (unpaired) electrons. The van der Waals surface area contributed by atoms with E-state index in [4.69, 9.17) is 14.6 Å². The van der Waals surface area contributed by atoms with Gasteiger partial charge in [-0.2, -0.15) is 18.3 Å². The van der Waals surface area contributed by atoms with Crippen LogP contribution in [0.4, 0.5) is 18.9 Å². The van der Waals surface area contributed by atoms with E-state index in [1.54, 1.807) is 41.5 Å². The molecule has 0 aliphatic rings. The summed E-state index contributed by atoms with van der Waals surface area (Å²) in [7, 11) is 1.51. The zero-order valence-corrected chi connectivity index (χ0v) is 19.6. The van der Waals surface area contributed by atoms with Crippen molar-refractivity contribution < 1.29 is 32.6 Å². The van der Waals surface area contributed by atoms with Crippen molar-refractivity contribution in [3.63, 3.8) is 0 Å². The Hall–Kier alpha value is -5.20. The van der Waals surface area contributed by atoms with E-state index in [0.29, 0.717) is 17.3 Å². The van der Waals surface area contributed by atoms with Crippen molar-refractivity contribution in [2.75, 3.05) is 12.4 Å². The van der Waals surface area contributed by atoms with Crippen LogP contribution in [0, 0.1) is 0 Å². The molecule has 13 heteroatoms.